The Kier molecular flexibility index (Phi) is 13.7. The minimum absolute atomic E-state index is 0.211. The van der Waals surface area contributed by atoms with Crippen molar-refractivity contribution in [3.63, 3.8) is 0 Å². The van der Waals surface area contributed by atoms with Crippen molar-refractivity contribution in [1.82, 2.24) is 0 Å². The van der Waals surface area contributed by atoms with Gasteiger partial charge in [-0.1, -0.05) is 13.8 Å². The average Bonchev–Trinajstić information content (AvgIpc) is 1.89. The number of carbonyl (C=O) groups is 1. The fourth-order valence-electron chi connectivity index (χ4n) is 0.246. The van der Waals surface area contributed by atoms with E-state index in [0.717, 1.165) is 19.4 Å². The Labute approximate surface area is 62.8 Å². The zero-order valence-electron chi connectivity index (χ0n) is 6.89. The minimum Gasteiger partial charge on any atom is -0.370 e. The monoisotopic (exact) mass is 146 g/mol. The zero-order chi connectivity index (χ0) is 8.41. The molecule has 62 valence electrons. The van der Waals surface area contributed by atoms with Gasteiger partial charge in [-0.2, -0.15) is 0 Å². The Morgan fingerprint density at radius 2 is 1.70 bits per heavy atom. The summed E-state index contributed by atoms with van der Waals surface area (Å²) in [5.74, 6) is -0.211. The molecule has 0 heterocycles. The van der Waals surface area contributed by atoms with Crippen LogP contribution >= 0.6 is 0 Å². The summed E-state index contributed by atoms with van der Waals surface area (Å²) < 4.78 is 0. The van der Waals surface area contributed by atoms with Crippen LogP contribution < -0.4 is 11.5 Å². The number of carbonyl (C=O) groups excluding carboxylic acids is 1. The normalized spacial score (nSPS) is 7.90. The molecule has 0 aliphatic heterocycles. The van der Waals surface area contributed by atoms with Gasteiger partial charge < -0.3 is 11.5 Å². The first-order valence-corrected chi connectivity index (χ1v) is 3.67. The van der Waals surface area contributed by atoms with E-state index >= 15 is 0 Å². The smallest absolute Gasteiger partial charge is 0.217 e. The average molecular weight is 146 g/mol. The molecule has 0 unspecified atom stereocenters. The number of amides is 1. The van der Waals surface area contributed by atoms with Gasteiger partial charge in [-0.15, -0.1) is 0 Å². The first-order chi connectivity index (χ1) is 4.68. The van der Waals surface area contributed by atoms with Gasteiger partial charge in [0.25, 0.3) is 0 Å². The SMILES string of the molecule is CCCC(N)=O.CCCN. The lowest BCUT2D eigenvalue weighted by molar-refractivity contribution is -0.118. The molecule has 0 radical (unpaired) electrons. The van der Waals surface area contributed by atoms with Crippen LogP contribution in [-0.4, -0.2) is 12.5 Å². The Bertz CT molecular complexity index is 72.0. The molecule has 0 aliphatic rings. The Hall–Kier alpha value is -0.570. The molecule has 3 nitrogen and oxygen atoms in total. The highest BCUT2D eigenvalue weighted by atomic mass is 16.1. The van der Waals surface area contributed by atoms with Gasteiger partial charge in [0.15, 0.2) is 0 Å². The molecule has 0 aromatic rings. The lowest BCUT2D eigenvalue weighted by atomic mass is 10.3. The van der Waals surface area contributed by atoms with E-state index in [0.29, 0.717) is 6.42 Å². The van der Waals surface area contributed by atoms with Gasteiger partial charge in [0.2, 0.25) is 5.91 Å². The summed E-state index contributed by atoms with van der Waals surface area (Å²) in [6, 6.07) is 0. The molecule has 0 aromatic carbocycles. The molecule has 1 amide bonds. The molecule has 0 rings (SSSR count). The second-order valence-electron chi connectivity index (χ2n) is 2.00. The van der Waals surface area contributed by atoms with Crippen LogP contribution in [0.25, 0.3) is 0 Å². The van der Waals surface area contributed by atoms with E-state index in [-0.39, 0.29) is 5.91 Å². The van der Waals surface area contributed by atoms with E-state index in [4.69, 9.17) is 11.5 Å². The third kappa shape index (κ3) is 26.1. The molecule has 4 N–H and O–H groups in total. The molecular weight excluding hydrogens is 128 g/mol. The highest BCUT2D eigenvalue weighted by molar-refractivity contribution is 5.73. The van der Waals surface area contributed by atoms with Crippen molar-refractivity contribution in [2.24, 2.45) is 11.5 Å². The number of hydrogen-bond donors (Lipinski definition) is 2. The largest absolute Gasteiger partial charge is 0.370 e. The van der Waals surface area contributed by atoms with Crippen LogP contribution in [0.1, 0.15) is 33.1 Å². The predicted molar refractivity (Wildman–Crippen MR) is 43.4 cm³/mol. The van der Waals surface area contributed by atoms with Crippen LogP contribution in [-0.2, 0) is 4.79 Å². The number of rotatable bonds is 3. The second kappa shape index (κ2) is 11.3. The van der Waals surface area contributed by atoms with Crippen molar-refractivity contribution in [2.75, 3.05) is 6.54 Å². The van der Waals surface area contributed by atoms with E-state index in [1.165, 1.54) is 0 Å². The zero-order valence-corrected chi connectivity index (χ0v) is 6.89. The molecular formula is C7H18N2O. The van der Waals surface area contributed by atoms with E-state index in [1.54, 1.807) is 0 Å². The minimum atomic E-state index is -0.211. The highest BCUT2D eigenvalue weighted by Crippen LogP contribution is 1.79. The van der Waals surface area contributed by atoms with Gasteiger partial charge in [0, 0.05) is 6.42 Å². The molecule has 0 aromatic heterocycles. The Morgan fingerprint density at radius 3 is 1.70 bits per heavy atom. The van der Waals surface area contributed by atoms with E-state index < -0.39 is 0 Å². The molecule has 0 atom stereocenters. The molecule has 0 bridgehead atoms. The topological polar surface area (TPSA) is 69.1 Å². The van der Waals surface area contributed by atoms with Gasteiger partial charge >= 0.3 is 0 Å². The first-order valence-electron chi connectivity index (χ1n) is 3.67. The van der Waals surface area contributed by atoms with Crippen molar-refractivity contribution in [2.45, 2.75) is 33.1 Å². The van der Waals surface area contributed by atoms with E-state index in [2.05, 4.69) is 6.92 Å². The number of primary amides is 1. The quantitative estimate of drug-likeness (QED) is 0.613. The van der Waals surface area contributed by atoms with Crippen molar-refractivity contribution in [1.29, 1.82) is 0 Å². The van der Waals surface area contributed by atoms with Crippen LogP contribution in [0.5, 0.6) is 0 Å². The third-order valence-corrected chi connectivity index (χ3v) is 0.785. The lowest BCUT2D eigenvalue weighted by Crippen LogP contribution is -2.08. The van der Waals surface area contributed by atoms with E-state index in [9.17, 15) is 4.79 Å². The fourth-order valence-corrected chi connectivity index (χ4v) is 0.246. The molecule has 0 saturated carbocycles. The molecule has 10 heavy (non-hydrogen) atoms. The molecule has 0 saturated heterocycles. The summed E-state index contributed by atoms with van der Waals surface area (Å²) in [7, 11) is 0. The van der Waals surface area contributed by atoms with Crippen molar-refractivity contribution in [3.05, 3.63) is 0 Å². The summed E-state index contributed by atoms with van der Waals surface area (Å²) in [6.07, 6.45) is 2.47. The predicted octanol–water partition coefficient (Wildman–Crippen LogP) is 0.627. The molecule has 0 spiro atoms. The fraction of sp³-hybridized carbons (Fsp3) is 0.857. The van der Waals surface area contributed by atoms with Crippen molar-refractivity contribution >= 4 is 5.91 Å². The lowest BCUT2D eigenvalue weighted by Gasteiger charge is -1.81. The molecule has 0 fully saturated rings. The highest BCUT2D eigenvalue weighted by Gasteiger charge is 1.84. The van der Waals surface area contributed by atoms with Crippen LogP contribution in [0.4, 0.5) is 0 Å². The number of nitrogens with two attached hydrogens (primary N) is 2. The summed E-state index contributed by atoms with van der Waals surface area (Å²) in [5.41, 5.74) is 9.79. The van der Waals surface area contributed by atoms with Gasteiger partial charge in [-0.05, 0) is 19.4 Å². The molecule has 0 aliphatic carbocycles. The standard InChI is InChI=1S/C4H9NO.C3H9N/c1-2-3-4(5)6;1-2-3-4/h2-3H2,1H3,(H2,5,6);2-4H2,1H3. The second-order valence-corrected chi connectivity index (χ2v) is 2.00. The van der Waals surface area contributed by atoms with Crippen LogP contribution in [0, 0.1) is 0 Å². The van der Waals surface area contributed by atoms with Crippen LogP contribution in [0.3, 0.4) is 0 Å². The third-order valence-electron chi connectivity index (χ3n) is 0.785. The van der Waals surface area contributed by atoms with Gasteiger partial charge in [-0.25, -0.2) is 0 Å². The van der Waals surface area contributed by atoms with Crippen LogP contribution in [0.15, 0.2) is 0 Å². The summed E-state index contributed by atoms with van der Waals surface area (Å²) >= 11 is 0. The van der Waals surface area contributed by atoms with Gasteiger partial charge in [0.05, 0.1) is 0 Å². The Balaban J connectivity index is 0. The number of hydrogen-bond acceptors (Lipinski definition) is 2. The first kappa shape index (κ1) is 12.1. The summed E-state index contributed by atoms with van der Waals surface area (Å²) in [5, 5.41) is 0. The van der Waals surface area contributed by atoms with Gasteiger partial charge in [-0.3, -0.25) is 4.79 Å². The maximum Gasteiger partial charge on any atom is 0.217 e. The van der Waals surface area contributed by atoms with Crippen molar-refractivity contribution < 1.29 is 4.79 Å². The summed E-state index contributed by atoms with van der Waals surface area (Å²) in [6.45, 7) is 4.80. The van der Waals surface area contributed by atoms with Crippen LogP contribution in [0.2, 0.25) is 0 Å². The van der Waals surface area contributed by atoms with Crippen molar-refractivity contribution in [3.8, 4) is 0 Å². The summed E-state index contributed by atoms with van der Waals surface area (Å²) in [4.78, 5) is 9.82. The molecule has 3 heteroatoms. The van der Waals surface area contributed by atoms with E-state index in [1.807, 2.05) is 6.92 Å². The van der Waals surface area contributed by atoms with Gasteiger partial charge in [0.1, 0.15) is 0 Å². The maximum absolute atomic E-state index is 9.82. The Morgan fingerprint density at radius 1 is 1.30 bits per heavy atom. The maximum atomic E-state index is 9.82.